The molecule has 0 fully saturated rings. The van der Waals surface area contributed by atoms with Gasteiger partial charge in [-0.25, -0.2) is 18.4 Å². The van der Waals surface area contributed by atoms with Crippen molar-refractivity contribution in [2.75, 3.05) is 13.1 Å². The van der Waals surface area contributed by atoms with Crippen LogP contribution in [0.2, 0.25) is 0 Å². The van der Waals surface area contributed by atoms with Crippen LogP contribution in [0.25, 0.3) is 0 Å². The average Bonchev–Trinajstić information content (AvgIpc) is 2.92. The number of carbonyl (C=O) groups excluding carboxylic acids is 3. The first-order valence-electron chi connectivity index (χ1n) is 15.4. The SMILES string of the molecule is CC(C)(C)OC(=O)NC(CNCCCCCC(=O)[C@@H](O)[C@@H](Cc1ccccc1)NC(=O)OC(C)(C)C)Cc1cc(F)ccc1F. The fraction of sp³-hybridized carbons (Fsp3) is 0.559. The molecule has 11 heteroatoms. The van der Waals surface area contributed by atoms with Crippen LogP contribution in [0.4, 0.5) is 18.4 Å². The van der Waals surface area contributed by atoms with Gasteiger partial charge in [-0.3, -0.25) is 4.79 Å². The molecule has 4 N–H and O–H groups in total. The number of alkyl carbamates (subject to hydrolysis) is 2. The molecule has 1 unspecified atom stereocenters. The average molecular weight is 634 g/mol. The fourth-order valence-corrected chi connectivity index (χ4v) is 4.56. The molecule has 0 saturated carbocycles. The van der Waals surface area contributed by atoms with Crippen LogP contribution in [0.1, 0.15) is 78.4 Å². The Labute approximate surface area is 265 Å². The monoisotopic (exact) mass is 633 g/mol. The van der Waals surface area contributed by atoms with E-state index >= 15 is 0 Å². The maximum atomic E-state index is 14.3. The van der Waals surface area contributed by atoms with Crippen molar-refractivity contribution in [3.63, 3.8) is 0 Å². The van der Waals surface area contributed by atoms with Gasteiger partial charge in [0.2, 0.25) is 0 Å². The molecule has 0 radical (unpaired) electrons. The highest BCUT2D eigenvalue weighted by atomic mass is 19.1. The van der Waals surface area contributed by atoms with Gasteiger partial charge >= 0.3 is 12.2 Å². The van der Waals surface area contributed by atoms with Crippen LogP contribution in [0.3, 0.4) is 0 Å². The third-order valence-electron chi connectivity index (χ3n) is 6.57. The second kappa shape index (κ2) is 17.8. The van der Waals surface area contributed by atoms with Crippen LogP contribution in [0.5, 0.6) is 0 Å². The number of hydrogen-bond acceptors (Lipinski definition) is 7. The molecule has 0 bridgehead atoms. The van der Waals surface area contributed by atoms with Crippen molar-refractivity contribution in [3.05, 3.63) is 71.3 Å². The van der Waals surface area contributed by atoms with Crippen molar-refractivity contribution in [3.8, 4) is 0 Å². The Balaban J connectivity index is 1.85. The van der Waals surface area contributed by atoms with Crippen LogP contribution in [0, 0.1) is 11.6 Å². The van der Waals surface area contributed by atoms with Crippen LogP contribution in [0.15, 0.2) is 48.5 Å². The van der Waals surface area contributed by atoms with E-state index in [1.165, 1.54) is 0 Å². The summed E-state index contributed by atoms with van der Waals surface area (Å²) in [6.45, 7) is 11.2. The molecule has 2 aromatic carbocycles. The number of amides is 2. The molecular formula is C34H49F2N3O6. The Morgan fingerprint density at radius 1 is 0.822 bits per heavy atom. The molecular weight excluding hydrogens is 584 g/mol. The van der Waals surface area contributed by atoms with Gasteiger partial charge < -0.3 is 30.5 Å². The van der Waals surface area contributed by atoms with Gasteiger partial charge in [0.25, 0.3) is 0 Å². The minimum atomic E-state index is -1.40. The van der Waals surface area contributed by atoms with E-state index in [-0.39, 0.29) is 37.2 Å². The number of Topliss-reactive ketones (excluding diaryl/α,β-unsaturated/α-hetero) is 1. The van der Waals surface area contributed by atoms with E-state index in [0.717, 1.165) is 23.8 Å². The molecule has 2 aromatic rings. The van der Waals surface area contributed by atoms with E-state index in [4.69, 9.17) is 9.47 Å². The lowest BCUT2D eigenvalue weighted by Crippen LogP contribution is -2.49. The number of hydrogen-bond donors (Lipinski definition) is 4. The predicted octanol–water partition coefficient (Wildman–Crippen LogP) is 5.62. The highest BCUT2D eigenvalue weighted by molar-refractivity contribution is 5.84. The van der Waals surface area contributed by atoms with Crippen LogP contribution < -0.4 is 16.0 Å². The van der Waals surface area contributed by atoms with Gasteiger partial charge in [0.05, 0.1) is 6.04 Å². The van der Waals surface area contributed by atoms with Crippen LogP contribution >= 0.6 is 0 Å². The van der Waals surface area contributed by atoms with E-state index in [1.807, 2.05) is 30.3 Å². The molecule has 0 aliphatic rings. The summed E-state index contributed by atoms with van der Waals surface area (Å²) in [6.07, 6.45) is -0.425. The summed E-state index contributed by atoms with van der Waals surface area (Å²) in [5.74, 6) is -1.51. The summed E-state index contributed by atoms with van der Waals surface area (Å²) in [7, 11) is 0. The van der Waals surface area contributed by atoms with E-state index in [9.17, 15) is 28.3 Å². The van der Waals surface area contributed by atoms with Gasteiger partial charge in [0.15, 0.2) is 5.78 Å². The lowest BCUT2D eigenvalue weighted by molar-refractivity contribution is -0.128. The smallest absolute Gasteiger partial charge is 0.407 e. The van der Waals surface area contributed by atoms with Gasteiger partial charge in [-0.2, -0.15) is 0 Å². The predicted molar refractivity (Wildman–Crippen MR) is 169 cm³/mol. The second-order valence-electron chi connectivity index (χ2n) is 13.2. The van der Waals surface area contributed by atoms with Crippen molar-refractivity contribution >= 4 is 18.0 Å². The summed E-state index contributed by atoms with van der Waals surface area (Å²) >= 11 is 0. The first-order chi connectivity index (χ1) is 21.0. The first-order valence-corrected chi connectivity index (χ1v) is 15.4. The number of ether oxygens (including phenoxy) is 2. The van der Waals surface area contributed by atoms with Crippen molar-refractivity contribution < 1.29 is 37.7 Å². The van der Waals surface area contributed by atoms with Crippen LogP contribution in [-0.4, -0.2) is 65.6 Å². The normalized spacial score (nSPS) is 13.8. The Hall–Kier alpha value is -3.57. The molecule has 2 rings (SSSR count). The summed E-state index contributed by atoms with van der Waals surface area (Å²) in [4.78, 5) is 37.7. The molecule has 9 nitrogen and oxygen atoms in total. The second-order valence-corrected chi connectivity index (χ2v) is 13.2. The molecule has 2 amide bonds. The molecule has 0 spiro atoms. The summed E-state index contributed by atoms with van der Waals surface area (Å²) in [5.41, 5.74) is -0.450. The molecule has 0 aliphatic carbocycles. The molecule has 0 aromatic heterocycles. The number of nitrogens with one attached hydrogen (secondary N) is 3. The third-order valence-corrected chi connectivity index (χ3v) is 6.57. The molecule has 45 heavy (non-hydrogen) atoms. The topological polar surface area (TPSA) is 126 Å². The molecule has 0 heterocycles. The maximum absolute atomic E-state index is 14.3. The highest BCUT2D eigenvalue weighted by Gasteiger charge is 2.29. The van der Waals surface area contributed by atoms with Crippen molar-refractivity contribution in [2.24, 2.45) is 0 Å². The Bertz CT molecular complexity index is 1230. The largest absolute Gasteiger partial charge is 0.444 e. The van der Waals surface area contributed by atoms with Gasteiger partial charge in [-0.1, -0.05) is 36.8 Å². The maximum Gasteiger partial charge on any atom is 0.407 e. The van der Waals surface area contributed by atoms with Crippen molar-refractivity contribution in [1.29, 1.82) is 0 Å². The first kappa shape index (κ1) is 37.6. The van der Waals surface area contributed by atoms with Crippen molar-refractivity contribution in [2.45, 2.75) is 109 Å². The Morgan fingerprint density at radius 3 is 2.07 bits per heavy atom. The number of halogens is 2. The number of rotatable bonds is 16. The van der Waals surface area contributed by atoms with E-state index in [1.54, 1.807) is 41.5 Å². The minimum Gasteiger partial charge on any atom is -0.444 e. The highest BCUT2D eigenvalue weighted by Crippen LogP contribution is 2.15. The standard InChI is InChI=1S/C34H49F2N3O6/c1-33(2,3)44-31(42)38-26(21-24-20-25(35)16-17-27(24)36)22-37-18-12-8-11-15-29(40)30(41)28(19-23-13-9-7-10-14-23)39-32(43)45-34(4,5)6/h7,9-10,13-14,16-17,20,26,28,30,37,41H,8,11-12,15,18-19,21-22H2,1-6H3,(H,38,42)(H,39,43)/t26?,28-,30+/m1/s1. The molecule has 0 aliphatic heterocycles. The Kier molecular flexibility index (Phi) is 14.9. The third kappa shape index (κ3) is 15.8. The minimum absolute atomic E-state index is 0.0592. The van der Waals surface area contributed by atoms with Gasteiger partial charge in [0.1, 0.15) is 28.9 Å². The summed E-state index contributed by atoms with van der Waals surface area (Å²) in [6, 6.07) is 11.1. The molecule has 0 saturated heterocycles. The number of unbranched alkanes of at least 4 members (excludes halogenated alkanes) is 2. The lowest BCUT2D eigenvalue weighted by Gasteiger charge is -2.26. The van der Waals surface area contributed by atoms with Gasteiger partial charge in [-0.15, -0.1) is 0 Å². The molecule has 250 valence electrons. The zero-order valence-corrected chi connectivity index (χ0v) is 27.3. The molecule has 3 atom stereocenters. The zero-order valence-electron chi connectivity index (χ0n) is 27.3. The number of aliphatic hydroxyl groups is 1. The Morgan fingerprint density at radius 2 is 1.44 bits per heavy atom. The zero-order chi connectivity index (χ0) is 33.6. The number of benzene rings is 2. The van der Waals surface area contributed by atoms with Gasteiger partial charge in [0, 0.05) is 19.0 Å². The summed E-state index contributed by atoms with van der Waals surface area (Å²) in [5, 5.41) is 19.5. The van der Waals surface area contributed by atoms with Crippen molar-refractivity contribution in [1.82, 2.24) is 16.0 Å². The number of ketones is 1. The lowest BCUT2D eigenvalue weighted by atomic mass is 9.96. The quantitative estimate of drug-likeness (QED) is 0.177. The van der Waals surface area contributed by atoms with E-state index < -0.39 is 53.2 Å². The van der Waals surface area contributed by atoms with E-state index in [2.05, 4.69) is 16.0 Å². The summed E-state index contributed by atoms with van der Waals surface area (Å²) < 4.78 is 38.6. The van der Waals surface area contributed by atoms with E-state index in [0.29, 0.717) is 25.8 Å². The van der Waals surface area contributed by atoms with Crippen LogP contribution in [-0.2, 0) is 27.1 Å². The fourth-order valence-electron chi connectivity index (χ4n) is 4.56. The number of aliphatic hydroxyl groups excluding tert-OH is 1. The van der Waals surface area contributed by atoms with Gasteiger partial charge in [-0.05, 0) is 103 Å². The number of carbonyl (C=O) groups is 3.